The van der Waals surface area contributed by atoms with E-state index >= 15 is 0 Å². The van der Waals surface area contributed by atoms with Gasteiger partial charge in [0.2, 0.25) is 0 Å². The number of phenols is 1. The molecule has 1 N–H and O–H groups in total. The summed E-state index contributed by atoms with van der Waals surface area (Å²) in [4.78, 5) is 0. The highest BCUT2D eigenvalue weighted by molar-refractivity contribution is 5.76. The van der Waals surface area contributed by atoms with E-state index in [0.29, 0.717) is 17.6 Å². The van der Waals surface area contributed by atoms with E-state index in [1.54, 1.807) is 0 Å². The lowest BCUT2D eigenvalue weighted by Gasteiger charge is -2.40. The van der Waals surface area contributed by atoms with Gasteiger partial charge in [-0.2, -0.15) is 0 Å². The smallest absolute Gasteiger partial charge is 0.119 e. The van der Waals surface area contributed by atoms with Crippen LogP contribution in [0, 0.1) is 11.3 Å². The molecule has 0 fully saturated rings. The molecule has 1 aromatic rings. The molecule has 2 aliphatic carbocycles. The molecule has 0 amide bonds. The minimum absolute atomic E-state index is 0.216. The molecular weight excluding hydrogens is 244 g/mol. The molecule has 20 heavy (non-hydrogen) atoms. The number of aryl methyl sites for hydroxylation is 1. The summed E-state index contributed by atoms with van der Waals surface area (Å²) < 4.78 is 0. The molecular formula is C19H24O. The van der Waals surface area contributed by atoms with Crippen molar-refractivity contribution in [3.63, 3.8) is 0 Å². The van der Waals surface area contributed by atoms with Crippen LogP contribution in [0.2, 0.25) is 0 Å². The maximum Gasteiger partial charge on any atom is 0.119 e. The molecule has 0 aliphatic heterocycles. The number of rotatable bonds is 1. The van der Waals surface area contributed by atoms with Gasteiger partial charge in [0.05, 0.1) is 0 Å². The van der Waals surface area contributed by atoms with Crippen LogP contribution >= 0.6 is 0 Å². The van der Waals surface area contributed by atoms with Crippen molar-refractivity contribution in [3.05, 3.63) is 47.1 Å². The fourth-order valence-corrected chi connectivity index (χ4v) is 3.73. The standard InChI is InChI=1S/C19H24O/c1-12(2)15-10-13-7-8-17-14(16(13)11-18(15)20)6-5-9-19(17,3)4/h5-6,9-12,17,20H,7-8H2,1-4H3. The van der Waals surface area contributed by atoms with E-state index in [4.69, 9.17) is 0 Å². The minimum atomic E-state index is 0.216. The summed E-state index contributed by atoms with van der Waals surface area (Å²) in [5.74, 6) is 1.40. The SMILES string of the molecule is CC(C)c1cc2c(cc1O)C1=CC=CC(C)(C)C1CC2. The molecule has 1 unspecified atom stereocenters. The van der Waals surface area contributed by atoms with Gasteiger partial charge in [-0.3, -0.25) is 0 Å². The average Bonchev–Trinajstić information content (AvgIpc) is 2.37. The average molecular weight is 268 g/mol. The van der Waals surface area contributed by atoms with Crippen LogP contribution in [0.3, 0.4) is 0 Å². The largest absolute Gasteiger partial charge is 0.508 e. The topological polar surface area (TPSA) is 20.2 Å². The van der Waals surface area contributed by atoms with Gasteiger partial charge in [0, 0.05) is 0 Å². The fraction of sp³-hybridized carbons (Fsp3) is 0.474. The molecule has 0 saturated carbocycles. The lowest BCUT2D eigenvalue weighted by molar-refractivity contribution is 0.326. The van der Waals surface area contributed by atoms with Gasteiger partial charge >= 0.3 is 0 Å². The van der Waals surface area contributed by atoms with Crippen molar-refractivity contribution < 1.29 is 5.11 Å². The van der Waals surface area contributed by atoms with Crippen molar-refractivity contribution in [2.75, 3.05) is 0 Å². The first-order chi connectivity index (χ1) is 9.40. The third-order valence-corrected chi connectivity index (χ3v) is 4.96. The molecule has 3 rings (SSSR count). The van der Waals surface area contributed by atoms with E-state index in [1.807, 2.05) is 6.07 Å². The van der Waals surface area contributed by atoms with Gasteiger partial charge in [-0.15, -0.1) is 0 Å². The zero-order chi connectivity index (χ0) is 14.5. The number of hydrogen-bond donors (Lipinski definition) is 1. The molecule has 0 radical (unpaired) electrons. The van der Waals surface area contributed by atoms with Gasteiger partial charge in [0.25, 0.3) is 0 Å². The summed E-state index contributed by atoms with van der Waals surface area (Å²) in [6.07, 6.45) is 9.05. The molecule has 1 atom stereocenters. The van der Waals surface area contributed by atoms with Crippen LogP contribution in [0.15, 0.2) is 30.4 Å². The Morgan fingerprint density at radius 1 is 1.25 bits per heavy atom. The lowest BCUT2D eigenvalue weighted by atomic mass is 9.64. The molecule has 0 heterocycles. The van der Waals surface area contributed by atoms with Crippen LogP contribution in [0.1, 0.15) is 56.7 Å². The van der Waals surface area contributed by atoms with Gasteiger partial charge in [0.1, 0.15) is 5.75 Å². The predicted molar refractivity (Wildman–Crippen MR) is 84.9 cm³/mol. The molecule has 1 aromatic carbocycles. The number of fused-ring (bicyclic) bond motifs is 3. The first kappa shape index (κ1) is 13.5. The lowest BCUT2D eigenvalue weighted by Crippen LogP contribution is -2.28. The highest BCUT2D eigenvalue weighted by atomic mass is 16.3. The van der Waals surface area contributed by atoms with Crippen LogP contribution in [0.25, 0.3) is 5.57 Å². The second kappa shape index (κ2) is 4.51. The number of benzene rings is 1. The summed E-state index contributed by atoms with van der Waals surface area (Å²) >= 11 is 0. The monoisotopic (exact) mass is 268 g/mol. The summed E-state index contributed by atoms with van der Waals surface area (Å²) in [6.45, 7) is 8.90. The molecule has 106 valence electrons. The molecule has 1 heteroatoms. The first-order valence-electron chi connectivity index (χ1n) is 7.65. The third-order valence-electron chi connectivity index (χ3n) is 4.96. The van der Waals surface area contributed by atoms with Crippen LogP contribution < -0.4 is 0 Å². The third kappa shape index (κ3) is 2.00. The van der Waals surface area contributed by atoms with Crippen molar-refractivity contribution in [2.45, 2.75) is 46.5 Å². The van der Waals surface area contributed by atoms with Crippen LogP contribution in [0.4, 0.5) is 0 Å². The first-order valence-corrected chi connectivity index (χ1v) is 7.65. The molecule has 0 spiro atoms. The number of allylic oxidation sites excluding steroid dienone is 4. The van der Waals surface area contributed by atoms with E-state index in [1.165, 1.54) is 23.1 Å². The number of aromatic hydroxyl groups is 1. The van der Waals surface area contributed by atoms with Crippen molar-refractivity contribution in [2.24, 2.45) is 11.3 Å². The minimum Gasteiger partial charge on any atom is -0.508 e. The second-order valence-electron chi connectivity index (χ2n) is 7.12. The van der Waals surface area contributed by atoms with E-state index in [-0.39, 0.29) is 5.41 Å². The molecule has 0 bridgehead atoms. The predicted octanol–water partition coefficient (Wildman–Crippen LogP) is 5.06. The Labute approximate surface area is 122 Å². The number of phenolic OH excluding ortho intramolecular Hbond substituents is 1. The highest BCUT2D eigenvalue weighted by Gasteiger charge is 2.36. The molecule has 0 aromatic heterocycles. The maximum atomic E-state index is 10.3. The van der Waals surface area contributed by atoms with Crippen molar-refractivity contribution in [1.29, 1.82) is 0 Å². The van der Waals surface area contributed by atoms with Gasteiger partial charge in [-0.25, -0.2) is 0 Å². The van der Waals surface area contributed by atoms with Crippen molar-refractivity contribution in [3.8, 4) is 5.75 Å². The van der Waals surface area contributed by atoms with Gasteiger partial charge in [-0.05, 0) is 58.4 Å². The van der Waals surface area contributed by atoms with Crippen molar-refractivity contribution in [1.82, 2.24) is 0 Å². The van der Waals surface area contributed by atoms with E-state index in [0.717, 1.165) is 12.0 Å². The Balaban J connectivity index is 2.13. The maximum absolute atomic E-state index is 10.3. The van der Waals surface area contributed by atoms with Crippen LogP contribution in [-0.4, -0.2) is 5.11 Å². The Hall–Kier alpha value is -1.50. The number of hydrogen-bond acceptors (Lipinski definition) is 1. The Morgan fingerprint density at radius 2 is 2.00 bits per heavy atom. The Bertz CT molecular complexity index is 602. The van der Waals surface area contributed by atoms with Crippen molar-refractivity contribution >= 4 is 5.57 Å². The Morgan fingerprint density at radius 3 is 2.70 bits per heavy atom. The summed E-state index contributed by atoms with van der Waals surface area (Å²) in [7, 11) is 0. The van der Waals surface area contributed by atoms with Gasteiger partial charge in [0.15, 0.2) is 0 Å². The molecule has 0 saturated heterocycles. The molecule has 1 nitrogen and oxygen atoms in total. The normalized spacial score (nSPS) is 23.2. The van der Waals surface area contributed by atoms with E-state index in [2.05, 4.69) is 52.0 Å². The highest BCUT2D eigenvalue weighted by Crippen LogP contribution is 2.49. The van der Waals surface area contributed by atoms with Gasteiger partial charge < -0.3 is 5.11 Å². The molecule has 2 aliphatic rings. The fourth-order valence-electron chi connectivity index (χ4n) is 3.73. The Kier molecular flexibility index (Phi) is 3.04. The van der Waals surface area contributed by atoms with Crippen LogP contribution in [-0.2, 0) is 6.42 Å². The zero-order valence-electron chi connectivity index (χ0n) is 12.9. The van der Waals surface area contributed by atoms with Gasteiger partial charge in [-0.1, -0.05) is 52.0 Å². The quantitative estimate of drug-likeness (QED) is 0.755. The zero-order valence-corrected chi connectivity index (χ0v) is 12.9. The summed E-state index contributed by atoms with van der Waals surface area (Å²) in [5.41, 5.74) is 5.37. The van der Waals surface area contributed by atoms with Crippen LogP contribution in [0.5, 0.6) is 5.75 Å². The van der Waals surface area contributed by atoms with E-state index < -0.39 is 0 Å². The summed E-state index contributed by atoms with van der Waals surface area (Å²) in [5, 5.41) is 10.3. The second-order valence-corrected chi connectivity index (χ2v) is 7.12. The summed E-state index contributed by atoms with van der Waals surface area (Å²) in [6, 6.07) is 4.22. The van der Waals surface area contributed by atoms with E-state index in [9.17, 15) is 5.11 Å².